The number of aliphatic hydroxyl groups excluding tert-OH is 1. The second-order valence-corrected chi connectivity index (χ2v) is 6.90. The number of nitrogens with one attached hydrogen (secondary N) is 1. The van der Waals surface area contributed by atoms with E-state index in [2.05, 4.69) is 19.2 Å². The van der Waals surface area contributed by atoms with Crippen LogP contribution in [0.4, 0.5) is 0 Å². The molecule has 0 saturated heterocycles. The zero-order valence-corrected chi connectivity index (χ0v) is 16.3. The number of hydrogen-bond acceptors (Lipinski definition) is 4. The van der Waals surface area contributed by atoms with E-state index in [1.54, 1.807) is 0 Å². The van der Waals surface area contributed by atoms with Crippen LogP contribution < -0.4 is 5.32 Å². The lowest BCUT2D eigenvalue weighted by atomic mass is 10.0. The van der Waals surface area contributed by atoms with E-state index in [0.29, 0.717) is 19.6 Å². The Hall–Kier alpha value is -0.610. The molecule has 144 valence electrons. The van der Waals surface area contributed by atoms with Gasteiger partial charge in [0.1, 0.15) is 6.04 Å². The molecule has 0 rings (SSSR count). The Morgan fingerprint density at radius 2 is 1.50 bits per heavy atom. The summed E-state index contributed by atoms with van der Waals surface area (Å²) in [5.74, 6) is -0.194. The van der Waals surface area contributed by atoms with Gasteiger partial charge in [-0.3, -0.25) is 4.79 Å². The van der Waals surface area contributed by atoms with Crippen LogP contribution in [0.15, 0.2) is 0 Å². The molecular formula is C20H41NO3. The first-order valence-corrected chi connectivity index (χ1v) is 10.2. The van der Waals surface area contributed by atoms with Crippen molar-refractivity contribution in [3.63, 3.8) is 0 Å². The van der Waals surface area contributed by atoms with Crippen LogP contribution in [0.1, 0.15) is 97.8 Å². The normalized spacial score (nSPS) is 13.7. The van der Waals surface area contributed by atoms with Gasteiger partial charge in [0.25, 0.3) is 0 Å². The third-order valence-corrected chi connectivity index (χ3v) is 4.41. The summed E-state index contributed by atoms with van der Waals surface area (Å²) in [4.78, 5) is 11.7. The second kappa shape index (κ2) is 17.2. The lowest BCUT2D eigenvalue weighted by molar-refractivity contribution is -0.145. The molecule has 2 unspecified atom stereocenters. The van der Waals surface area contributed by atoms with Crippen molar-refractivity contribution in [3.8, 4) is 0 Å². The topological polar surface area (TPSA) is 58.6 Å². The van der Waals surface area contributed by atoms with Gasteiger partial charge in [0.15, 0.2) is 0 Å². The second-order valence-electron chi connectivity index (χ2n) is 6.90. The van der Waals surface area contributed by atoms with E-state index >= 15 is 0 Å². The van der Waals surface area contributed by atoms with E-state index in [0.717, 1.165) is 25.7 Å². The van der Waals surface area contributed by atoms with Crippen LogP contribution in [0.5, 0.6) is 0 Å². The molecular weight excluding hydrogens is 302 g/mol. The average molecular weight is 344 g/mol. The molecule has 4 heteroatoms. The molecule has 0 radical (unpaired) electrons. The third-order valence-electron chi connectivity index (χ3n) is 4.41. The smallest absolute Gasteiger partial charge is 0.322 e. The summed E-state index contributed by atoms with van der Waals surface area (Å²) < 4.78 is 5.16. The Balaban J connectivity index is 3.45. The van der Waals surface area contributed by atoms with Crippen LogP contribution in [-0.4, -0.2) is 36.4 Å². The van der Waals surface area contributed by atoms with Crippen molar-refractivity contribution < 1.29 is 14.6 Å². The lowest BCUT2D eigenvalue weighted by Crippen LogP contribution is -2.37. The predicted molar refractivity (Wildman–Crippen MR) is 101 cm³/mol. The van der Waals surface area contributed by atoms with Gasteiger partial charge >= 0.3 is 5.97 Å². The first kappa shape index (κ1) is 23.4. The Bertz CT molecular complexity index is 284. The number of ether oxygens (including phenoxy) is 1. The minimum absolute atomic E-state index is 0.194. The number of hydrogen-bond donors (Lipinski definition) is 2. The van der Waals surface area contributed by atoms with Gasteiger partial charge in [0.2, 0.25) is 0 Å². The summed E-state index contributed by atoms with van der Waals surface area (Å²) in [6.07, 6.45) is 13.6. The van der Waals surface area contributed by atoms with Gasteiger partial charge in [-0.1, -0.05) is 71.6 Å². The van der Waals surface area contributed by atoms with Crippen LogP contribution in [0.2, 0.25) is 0 Å². The summed E-state index contributed by atoms with van der Waals surface area (Å²) in [6, 6.07) is -0.294. The standard InChI is InChI=1S/C20H41NO3/c1-4-6-8-9-10-11-12-13-14-19(22)15-16-21-18(3)20(23)24-17-7-5-2/h18-19,21-22H,4-17H2,1-3H3. The predicted octanol–water partition coefficient (Wildman–Crippen LogP) is 4.59. The van der Waals surface area contributed by atoms with E-state index in [9.17, 15) is 9.90 Å². The Morgan fingerprint density at radius 1 is 0.917 bits per heavy atom. The van der Waals surface area contributed by atoms with Crippen LogP contribution in [0.25, 0.3) is 0 Å². The Morgan fingerprint density at radius 3 is 2.12 bits per heavy atom. The Labute approximate surface area is 149 Å². The third kappa shape index (κ3) is 14.9. The molecule has 0 amide bonds. The number of esters is 1. The van der Waals surface area contributed by atoms with Gasteiger partial charge < -0.3 is 15.2 Å². The van der Waals surface area contributed by atoms with Gasteiger partial charge in [-0.25, -0.2) is 0 Å². The number of aliphatic hydroxyl groups is 1. The molecule has 24 heavy (non-hydrogen) atoms. The zero-order chi connectivity index (χ0) is 18.0. The highest BCUT2D eigenvalue weighted by Gasteiger charge is 2.13. The van der Waals surface area contributed by atoms with Crippen molar-refractivity contribution >= 4 is 5.97 Å². The van der Waals surface area contributed by atoms with Crippen molar-refractivity contribution in [1.82, 2.24) is 5.32 Å². The molecule has 0 saturated carbocycles. The van der Waals surface area contributed by atoms with E-state index in [4.69, 9.17) is 4.74 Å². The summed E-state index contributed by atoms with van der Waals surface area (Å²) in [6.45, 7) is 7.29. The maximum absolute atomic E-state index is 11.7. The fourth-order valence-corrected chi connectivity index (χ4v) is 2.65. The van der Waals surface area contributed by atoms with Crippen molar-refractivity contribution in [3.05, 3.63) is 0 Å². The summed E-state index contributed by atoms with van der Waals surface area (Å²) in [7, 11) is 0. The lowest BCUT2D eigenvalue weighted by Gasteiger charge is -2.15. The molecule has 0 aromatic carbocycles. The highest BCUT2D eigenvalue weighted by molar-refractivity contribution is 5.75. The molecule has 0 aliphatic carbocycles. The van der Waals surface area contributed by atoms with E-state index in [-0.39, 0.29) is 18.1 Å². The molecule has 0 aromatic heterocycles. The van der Waals surface area contributed by atoms with Crippen molar-refractivity contribution in [2.45, 2.75) is 110 Å². The Kier molecular flexibility index (Phi) is 16.8. The molecule has 2 atom stereocenters. The average Bonchev–Trinajstić information content (AvgIpc) is 2.57. The molecule has 0 fully saturated rings. The SMILES string of the molecule is CCCCCCCCCCC(O)CCNC(C)C(=O)OCCCC. The molecule has 0 bridgehead atoms. The van der Waals surface area contributed by atoms with Gasteiger partial charge in [-0.05, 0) is 32.7 Å². The van der Waals surface area contributed by atoms with Crippen LogP contribution in [0.3, 0.4) is 0 Å². The van der Waals surface area contributed by atoms with E-state index in [1.165, 1.54) is 44.9 Å². The largest absolute Gasteiger partial charge is 0.465 e. The van der Waals surface area contributed by atoms with Crippen LogP contribution in [-0.2, 0) is 9.53 Å². The minimum Gasteiger partial charge on any atom is -0.465 e. The number of rotatable bonds is 17. The van der Waals surface area contributed by atoms with Gasteiger partial charge in [0, 0.05) is 0 Å². The first-order valence-electron chi connectivity index (χ1n) is 10.2. The first-order chi connectivity index (χ1) is 11.6. The van der Waals surface area contributed by atoms with E-state index < -0.39 is 0 Å². The van der Waals surface area contributed by atoms with Crippen molar-refractivity contribution in [2.75, 3.05) is 13.2 Å². The van der Waals surface area contributed by atoms with Gasteiger partial charge in [-0.15, -0.1) is 0 Å². The number of carbonyl (C=O) groups is 1. The summed E-state index contributed by atoms with van der Waals surface area (Å²) >= 11 is 0. The maximum Gasteiger partial charge on any atom is 0.322 e. The highest BCUT2D eigenvalue weighted by atomic mass is 16.5. The molecule has 0 aliphatic rings. The molecule has 0 aliphatic heterocycles. The van der Waals surface area contributed by atoms with E-state index in [1.807, 2.05) is 6.92 Å². The fourth-order valence-electron chi connectivity index (χ4n) is 2.65. The number of carbonyl (C=O) groups excluding carboxylic acids is 1. The van der Waals surface area contributed by atoms with Crippen LogP contribution in [0, 0.1) is 0 Å². The highest BCUT2D eigenvalue weighted by Crippen LogP contribution is 2.11. The zero-order valence-electron chi connectivity index (χ0n) is 16.3. The fraction of sp³-hybridized carbons (Fsp3) is 0.950. The molecule has 0 aromatic rings. The molecule has 2 N–H and O–H groups in total. The molecule has 0 heterocycles. The van der Waals surface area contributed by atoms with Crippen molar-refractivity contribution in [2.24, 2.45) is 0 Å². The quantitative estimate of drug-likeness (QED) is 0.299. The van der Waals surface area contributed by atoms with Crippen molar-refractivity contribution in [1.29, 1.82) is 0 Å². The van der Waals surface area contributed by atoms with Gasteiger partial charge in [0.05, 0.1) is 12.7 Å². The molecule has 4 nitrogen and oxygen atoms in total. The monoisotopic (exact) mass is 343 g/mol. The number of unbranched alkanes of at least 4 members (excludes halogenated alkanes) is 8. The molecule has 0 spiro atoms. The summed E-state index contributed by atoms with van der Waals surface area (Å²) in [5.41, 5.74) is 0. The summed E-state index contributed by atoms with van der Waals surface area (Å²) in [5, 5.41) is 13.1. The maximum atomic E-state index is 11.7. The van der Waals surface area contributed by atoms with Gasteiger partial charge in [-0.2, -0.15) is 0 Å². The minimum atomic E-state index is -0.294. The van der Waals surface area contributed by atoms with Crippen LogP contribution >= 0.6 is 0 Å².